The number of fused-ring (bicyclic) bond motifs is 1. The largest absolute Gasteiger partial charge is 0.368 e. The SMILES string of the molecule is CC.Nc1nc2c(c(-c3cc(CCCCl)c(Br)cc3Cl)n1)CNC2. The second-order valence-electron chi connectivity index (χ2n) is 5.18. The van der Waals surface area contributed by atoms with Gasteiger partial charge in [0, 0.05) is 34.6 Å². The van der Waals surface area contributed by atoms with Crippen LogP contribution in [-0.2, 0) is 19.5 Å². The van der Waals surface area contributed by atoms with Crippen molar-refractivity contribution in [3.8, 4) is 11.3 Å². The molecule has 0 saturated heterocycles. The predicted molar refractivity (Wildman–Crippen MR) is 106 cm³/mol. The number of aryl methyl sites for hydroxylation is 1. The van der Waals surface area contributed by atoms with E-state index in [1.54, 1.807) is 0 Å². The maximum atomic E-state index is 6.45. The zero-order chi connectivity index (χ0) is 17.7. The van der Waals surface area contributed by atoms with Crippen molar-refractivity contribution in [3.63, 3.8) is 0 Å². The number of nitrogens with zero attached hydrogens (tertiary/aromatic N) is 2. The van der Waals surface area contributed by atoms with Crippen LogP contribution in [0.4, 0.5) is 5.95 Å². The standard InChI is InChI=1S/C15H15BrCl2N4.C2H6/c16-11-5-12(18)9(4-8(11)2-1-3-17)14-10-6-20-7-13(10)21-15(19)22-14;1-2/h4-5,20H,1-3,6-7H2,(H2,19,21,22);1-2H3. The van der Waals surface area contributed by atoms with Crippen LogP contribution in [0.2, 0.25) is 5.02 Å². The molecule has 1 aromatic carbocycles. The lowest BCUT2D eigenvalue weighted by Crippen LogP contribution is -2.03. The molecule has 1 aromatic heterocycles. The molecule has 3 rings (SSSR count). The van der Waals surface area contributed by atoms with Gasteiger partial charge in [-0.1, -0.05) is 41.4 Å². The molecule has 24 heavy (non-hydrogen) atoms. The molecular formula is C17H21BrCl2N4. The first-order valence-electron chi connectivity index (χ1n) is 8.00. The van der Waals surface area contributed by atoms with Crippen molar-refractivity contribution in [3.05, 3.63) is 38.4 Å². The van der Waals surface area contributed by atoms with Gasteiger partial charge >= 0.3 is 0 Å². The van der Waals surface area contributed by atoms with Crippen LogP contribution in [0.1, 0.15) is 37.1 Å². The fourth-order valence-electron chi connectivity index (χ4n) is 2.63. The first kappa shape index (κ1) is 19.4. The first-order chi connectivity index (χ1) is 11.6. The summed E-state index contributed by atoms with van der Waals surface area (Å²) in [6.45, 7) is 5.44. The van der Waals surface area contributed by atoms with E-state index in [9.17, 15) is 0 Å². The summed E-state index contributed by atoms with van der Waals surface area (Å²) >= 11 is 15.8. The third kappa shape index (κ3) is 4.20. The number of nitrogen functional groups attached to an aromatic ring is 1. The van der Waals surface area contributed by atoms with E-state index in [-0.39, 0.29) is 5.95 Å². The number of nitrogens with one attached hydrogen (secondary N) is 1. The molecule has 2 aromatic rings. The Morgan fingerprint density at radius 1 is 1.25 bits per heavy atom. The quantitative estimate of drug-likeness (QED) is 0.672. The lowest BCUT2D eigenvalue weighted by molar-refractivity contribution is 0.758. The minimum absolute atomic E-state index is 0.277. The van der Waals surface area contributed by atoms with E-state index in [4.69, 9.17) is 28.9 Å². The smallest absolute Gasteiger partial charge is 0.220 e. The number of nitrogens with two attached hydrogens (primary N) is 1. The molecule has 1 aliphatic heterocycles. The number of benzene rings is 1. The topological polar surface area (TPSA) is 63.8 Å². The Hall–Kier alpha value is -0.880. The van der Waals surface area contributed by atoms with E-state index >= 15 is 0 Å². The van der Waals surface area contributed by atoms with Gasteiger partial charge in [0.2, 0.25) is 5.95 Å². The van der Waals surface area contributed by atoms with Gasteiger partial charge in [-0.3, -0.25) is 0 Å². The minimum Gasteiger partial charge on any atom is -0.368 e. The third-order valence-electron chi connectivity index (χ3n) is 3.68. The van der Waals surface area contributed by atoms with Crippen molar-refractivity contribution in [1.82, 2.24) is 15.3 Å². The molecule has 0 spiro atoms. The number of hydrogen-bond donors (Lipinski definition) is 2. The zero-order valence-electron chi connectivity index (χ0n) is 13.8. The highest BCUT2D eigenvalue weighted by molar-refractivity contribution is 9.10. The normalized spacial score (nSPS) is 12.5. The molecule has 0 atom stereocenters. The predicted octanol–water partition coefficient (Wildman–Crippen LogP) is 4.94. The Morgan fingerprint density at radius 3 is 2.71 bits per heavy atom. The van der Waals surface area contributed by atoms with Gasteiger partial charge < -0.3 is 11.1 Å². The Balaban J connectivity index is 0.00000100. The van der Waals surface area contributed by atoms with Crippen molar-refractivity contribution in [2.24, 2.45) is 0 Å². The van der Waals surface area contributed by atoms with Crippen LogP contribution in [0.15, 0.2) is 16.6 Å². The van der Waals surface area contributed by atoms with Gasteiger partial charge in [0.25, 0.3) is 0 Å². The first-order valence-corrected chi connectivity index (χ1v) is 9.71. The van der Waals surface area contributed by atoms with E-state index in [2.05, 4.69) is 37.3 Å². The summed E-state index contributed by atoms with van der Waals surface area (Å²) in [7, 11) is 0. The zero-order valence-corrected chi connectivity index (χ0v) is 16.9. The maximum absolute atomic E-state index is 6.45. The fraction of sp³-hybridized carbons (Fsp3) is 0.412. The number of hydrogen-bond acceptors (Lipinski definition) is 4. The Morgan fingerprint density at radius 2 is 2.00 bits per heavy atom. The second kappa shape index (κ2) is 8.99. The highest BCUT2D eigenvalue weighted by Crippen LogP contribution is 2.36. The van der Waals surface area contributed by atoms with Crippen molar-refractivity contribution >= 4 is 45.1 Å². The summed E-state index contributed by atoms with van der Waals surface area (Å²) in [5, 5.41) is 3.92. The Bertz CT molecular complexity index is 722. The summed E-state index contributed by atoms with van der Waals surface area (Å²) in [6, 6.07) is 3.98. The molecule has 0 aliphatic carbocycles. The number of rotatable bonds is 4. The molecule has 0 bridgehead atoms. The third-order valence-corrected chi connectivity index (χ3v) is 4.99. The minimum atomic E-state index is 0.277. The number of halogens is 3. The van der Waals surface area contributed by atoms with E-state index in [0.29, 0.717) is 17.4 Å². The number of alkyl halides is 1. The maximum Gasteiger partial charge on any atom is 0.220 e. The Labute approximate surface area is 161 Å². The summed E-state index contributed by atoms with van der Waals surface area (Å²) < 4.78 is 0.989. The molecule has 0 amide bonds. The molecule has 130 valence electrons. The van der Waals surface area contributed by atoms with Gasteiger partial charge in [-0.25, -0.2) is 9.97 Å². The van der Waals surface area contributed by atoms with Gasteiger partial charge in [-0.05, 0) is 30.5 Å². The van der Waals surface area contributed by atoms with Crippen molar-refractivity contribution in [2.75, 3.05) is 11.6 Å². The lowest BCUT2D eigenvalue weighted by Gasteiger charge is -2.13. The number of anilines is 1. The van der Waals surface area contributed by atoms with E-state index in [1.165, 1.54) is 0 Å². The average molecular weight is 432 g/mol. The molecule has 0 unspecified atom stereocenters. The van der Waals surface area contributed by atoms with Crippen molar-refractivity contribution < 1.29 is 0 Å². The molecule has 7 heteroatoms. The van der Waals surface area contributed by atoms with Crippen LogP contribution >= 0.6 is 39.1 Å². The van der Waals surface area contributed by atoms with Crippen LogP contribution < -0.4 is 11.1 Å². The van der Waals surface area contributed by atoms with Gasteiger partial charge in [0.05, 0.1) is 16.4 Å². The highest BCUT2D eigenvalue weighted by Gasteiger charge is 2.21. The van der Waals surface area contributed by atoms with Gasteiger partial charge in [-0.2, -0.15) is 0 Å². The monoisotopic (exact) mass is 430 g/mol. The molecule has 0 radical (unpaired) electrons. The van der Waals surface area contributed by atoms with Crippen LogP contribution in [-0.4, -0.2) is 15.8 Å². The van der Waals surface area contributed by atoms with E-state index < -0.39 is 0 Å². The molecule has 2 heterocycles. The summed E-state index contributed by atoms with van der Waals surface area (Å²) in [5.41, 5.74) is 10.7. The summed E-state index contributed by atoms with van der Waals surface area (Å²) in [4.78, 5) is 8.72. The average Bonchev–Trinajstić information content (AvgIpc) is 3.03. The van der Waals surface area contributed by atoms with Crippen LogP contribution in [0, 0.1) is 0 Å². The summed E-state index contributed by atoms with van der Waals surface area (Å²) in [5.74, 6) is 0.906. The van der Waals surface area contributed by atoms with Crippen molar-refractivity contribution in [1.29, 1.82) is 0 Å². The Kier molecular flexibility index (Phi) is 7.29. The molecule has 1 aliphatic rings. The molecule has 4 nitrogen and oxygen atoms in total. The number of aromatic nitrogens is 2. The van der Waals surface area contributed by atoms with Gasteiger partial charge in [0.15, 0.2) is 0 Å². The lowest BCUT2D eigenvalue weighted by atomic mass is 10.0. The van der Waals surface area contributed by atoms with Gasteiger partial charge in [-0.15, -0.1) is 11.6 Å². The van der Waals surface area contributed by atoms with Crippen LogP contribution in [0.5, 0.6) is 0 Å². The van der Waals surface area contributed by atoms with Crippen LogP contribution in [0.25, 0.3) is 11.3 Å². The molecular weight excluding hydrogens is 411 g/mol. The van der Waals surface area contributed by atoms with E-state index in [1.807, 2.05) is 19.9 Å². The van der Waals surface area contributed by atoms with Crippen LogP contribution in [0.3, 0.4) is 0 Å². The van der Waals surface area contributed by atoms with Gasteiger partial charge in [0.1, 0.15) is 0 Å². The second-order valence-corrected chi connectivity index (χ2v) is 6.81. The molecule has 0 fully saturated rings. The fourth-order valence-corrected chi connectivity index (χ4v) is 3.69. The summed E-state index contributed by atoms with van der Waals surface area (Å²) in [6.07, 6.45) is 1.79. The molecule has 0 saturated carbocycles. The van der Waals surface area contributed by atoms with Crippen molar-refractivity contribution in [2.45, 2.75) is 39.8 Å². The highest BCUT2D eigenvalue weighted by atomic mass is 79.9. The van der Waals surface area contributed by atoms with E-state index in [0.717, 1.165) is 51.9 Å². The molecule has 3 N–H and O–H groups in total.